The highest BCUT2D eigenvalue weighted by Gasteiger charge is 2.39. The van der Waals surface area contributed by atoms with Gasteiger partial charge in [0.25, 0.3) is 0 Å². The van der Waals surface area contributed by atoms with E-state index in [1.54, 1.807) is 6.08 Å². The maximum absolute atomic E-state index is 12.3. The molecule has 2 unspecified atom stereocenters. The van der Waals surface area contributed by atoms with Crippen LogP contribution in [-0.4, -0.2) is 64.6 Å². The van der Waals surface area contributed by atoms with Gasteiger partial charge in [0, 0.05) is 12.5 Å². The van der Waals surface area contributed by atoms with E-state index in [9.17, 15) is 14.7 Å². The van der Waals surface area contributed by atoms with E-state index in [1.807, 2.05) is 0 Å². The Morgan fingerprint density at radius 3 is 3.14 bits per heavy atom. The van der Waals surface area contributed by atoms with Crippen molar-refractivity contribution in [3.8, 4) is 0 Å². The lowest BCUT2D eigenvalue weighted by atomic mass is 10.1. The molecule has 1 amide bonds. The van der Waals surface area contributed by atoms with Gasteiger partial charge in [0.1, 0.15) is 5.25 Å². The largest absolute Gasteiger partial charge is 0.391 e. The number of thioether (sulfide) groups is 1. The normalized spacial score (nSPS) is 35.0. The first-order chi connectivity index (χ1) is 10.0. The summed E-state index contributed by atoms with van der Waals surface area (Å²) in [4.78, 5) is 30.0. The van der Waals surface area contributed by atoms with E-state index in [0.717, 1.165) is 0 Å². The molecule has 2 N–H and O–H groups in total. The molecule has 1 fully saturated rings. The summed E-state index contributed by atoms with van der Waals surface area (Å²) < 4.78 is 0.571. The van der Waals surface area contributed by atoms with Gasteiger partial charge in [-0.15, -0.1) is 0 Å². The molecule has 3 aliphatic rings. The van der Waals surface area contributed by atoms with Gasteiger partial charge in [-0.3, -0.25) is 19.5 Å². The zero-order valence-electron chi connectivity index (χ0n) is 11.2. The Labute approximate surface area is 131 Å². The van der Waals surface area contributed by atoms with Crippen molar-refractivity contribution >= 4 is 41.4 Å². The van der Waals surface area contributed by atoms with Gasteiger partial charge in [0.2, 0.25) is 5.91 Å². The van der Waals surface area contributed by atoms with Crippen molar-refractivity contribution in [2.24, 2.45) is 4.99 Å². The van der Waals surface area contributed by atoms with Crippen molar-refractivity contribution in [2.75, 3.05) is 13.1 Å². The Kier molecular flexibility index (Phi) is 4.35. The number of carbonyl (C=O) groups is 2. The Balaban J connectivity index is 1.57. The number of rotatable bonds is 4. The van der Waals surface area contributed by atoms with E-state index < -0.39 is 6.10 Å². The number of amides is 1. The molecule has 8 heteroatoms. The number of ketones is 1. The highest BCUT2D eigenvalue weighted by atomic mass is 35.5. The molecule has 3 aliphatic heterocycles. The first-order valence-corrected chi connectivity index (χ1v) is 8.11. The number of halogens is 1. The summed E-state index contributed by atoms with van der Waals surface area (Å²) in [5.74, 6) is -0.228. The molecule has 21 heavy (non-hydrogen) atoms. The molecule has 0 radical (unpaired) electrons. The molecular formula is C13H16ClN3O3S. The first kappa shape index (κ1) is 15.0. The Hall–Kier alpha value is -0.890. The number of Topliss-reactive ketones (excluding diaryl/α,β-unsaturated/α-hetero) is 1. The molecule has 0 aromatic heterocycles. The number of nitrogens with zero attached hydrogens (tertiary/aromatic N) is 2. The fraction of sp³-hybridized carbons (Fsp3) is 0.615. The summed E-state index contributed by atoms with van der Waals surface area (Å²) in [5, 5.41) is 12.4. The van der Waals surface area contributed by atoms with E-state index >= 15 is 0 Å². The lowest BCUT2D eigenvalue weighted by molar-refractivity contribution is -0.131. The molecule has 0 bridgehead atoms. The Morgan fingerprint density at radius 2 is 2.43 bits per heavy atom. The van der Waals surface area contributed by atoms with Crippen LogP contribution in [0.5, 0.6) is 0 Å². The van der Waals surface area contributed by atoms with Gasteiger partial charge in [0.05, 0.1) is 29.4 Å². The van der Waals surface area contributed by atoms with Gasteiger partial charge >= 0.3 is 0 Å². The molecule has 6 nitrogen and oxygen atoms in total. The molecule has 1 saturated heterocycles. The fourth-order valence-electron chi connectivity index (χ4n) is 2.73. The Morgan fingerprint density at radius 1 is 1.62 bits per heavy atom. The third-order valence-electron chi connectivity index (χ3n) is 3.86. The van der Waals surface area contributed by atoms with E-state index in [1.165, 1.54) is 23.0 Å². The van der Waals surface area contributed by atoms with Gasteiger partial charge in [0.15, 0.2) is 5.78 Å². The van der Waals surface area contributed by atoms with Gasteiger partial charge in [-0.25, -0.2) is 0 Å². The summed E-state index contributed by atoms with van der Waals surface area (Å²) in [6.07, 6.45) is 3.57. The van der Waals surface area contributed by atoms with E-state index in [0.29, 0.717) is 17.3 Å². The van der Waals surface area contributed by atoms with Crippen LogP contribution in [0, 0.1) is 0 Å². The van der Waals surface area contributed by atoms with Gasteiger partial charge in [-0.05, 0) is 19.0 Å². The average Bonchev–Trinajstić information content (AvgIpc) is 3.00. The summed E-state index contributed by atoms with van der Waals surface area (Å²) in [6, 6.07) is -0.432. The minimum atomic E-state index is -0.488. The molecule has 3 heterocycles. The molecule has 114 valence electrons. The zero-order chi connectivity index (χ0) is 15.0. The maximum Gasteiger partial charge on any atom is 0.244 e. The van der Waals surface area contributed by atoms with E-state index in [4.69, 9.17) is 11.6 Å². The van der Waals surface area contributed by atoms with Crippen molar-refractivity contribution in [1.82, 2.24) is 10.2 Å². The van der Waals surface area contributed by atoms with E-state index in [-0.39, 0.29) is 42.0 Å². The van der Waals surface area contributed by atoms with Crippen molar-refractivity contribution in [3.63, 3.8) is 0 Å². The van der Waals surface area contributed by atoms with Crippen molar-refractivity contribution in [2.45, 2.75) is 36.3 Å². The predicted octanol–water partition coefficient (Wildman–Crippen LogP) is 0.103. The Bertz CT molecular complexity index is 525. The molecule has 0 spiro atoms. The number of hydrogen-bond donors (Lipinski definition) is 2. The second-order valence-corrected chi connectivity index (χ2v) is 7.20. The van der Waals surface area contributed by atoms with Crippen LogP contribution in [0.1, 0.15) is 12.8 Å². The molecule has 4 atom stereocenters. The standard InChI is InChI=1S/C13H16ClN3O3S/c14-11-4-9-12(21-11)13(20)17(6-16-9)5-7(18)3-8-10(19)1-2-15-8/h4,6,8-10,12,15,19H,1-3,5H2/t8-,9?,10+,12?/m1/s1. The third kappa shape index (κ3) is 3.15. The highest BCUT2D eigenvalue weighted by molar-refractivity contribution is 8.06. The molecule has 0 aromatic rings. The number of aliphatic hydroxyl groups is 1. The second kappa shape index (κ2) is 6.08. The van der Waals surface area contributed by atoms with Crippen LogP contribution in [-0.2, 0) is 9.59 Å². The lowest BCUT2D eigenvalue weighted by Crippen LogP contribution is -2.47. The minimum absolute atomic E-state index is 0.00533. The van der Waals surface area contributed by atoms with Crippen LogP contribution in [0.2, 0.25) is 0 Å². The monoisotopic (exact) mass is 329 g/mol. The molecular weight excluding hydrogens is 314 g/mol. The summed E-state index contributed by atoms with van der Waals surface area (Å²) in [7, 11) is 0. The first-order valence-electron chi connectivity index (χ1n) is 6.85. The number of aliphatic imine (C=N–C) groups is 1. The quantitative estimate of drug-likeness (QED) is 0.764. The van der Waals surface area contributed by atoms with Gasteiger partial charge in [-0.2, -0.15) is 0 Å². The second-order valence-electron chi connectivity index (χ2n) is 5.39. The SMILES string of the molecule is O=C(C[C@H]1NCC[C@@H]1O)CN1C=NC2C=C(Cl)SC2C1=O. The number of carbonyl (C=O) groups excluding carboxylic acids is 2. The highest BCUT2D eigenvalue weighted by Crippen LogP contribution is 2.38. The minimum Gasteiger partial charge on any atom is -0.391 e. The van der Waals surface area contributed by atoms with Crippen LogP contribution < -0.4 is 5.32 Å². The topological polar surface area (TPSA) is 82.0 Å². The van der Waals surface area contributed by atoms with Gasteiger partial charge < -0.3 is 10.4 Å². The van der Waals surface area contributed by atoms with Crippen molar-refractivity contribution in [3.05, 3.63) is 10.4 Å². The van der Waals surface area contributed by atoms with Crippen LogP contribution in [0.25, 0.3) is 0 Å². The van der Waals surface area contributed by atoms with Crippen LogP contribution in [0.3, 0.4) is 0 Å². The average molecular weight is 330 g/mol. The zero-order valence-corrected chi connectivity index (χ0v) is 12.8. The molecule has 3 rings (SSSR count). The number of nitrogens with one attached hydrogen (secondary N) is 1. The number of hydrogen-bond acceptors (Lipinski definition) is 6. The molecule has 0 aromatic carbocycles. The molecule has 0 saturated carbocycles. The number of aliphatic hydroxyl groups excluding tert-OH is 1. The fourth-order valence-corrected chi connectivity index (χ4v) is 4.13. The third-order valence-corrected chi connectivity index (χ3v) is 5.35. The van der Waals surface area contributed by atoms with Crippen LogP contribution in [0.15, 0.2) is 15.4 Å². The molecule has 0 aliphatic carbocycles. The summed E-state index contributed by atoms with van der Waals surface area (Å²) in [6.45, 7) is 0.711. The van der Waals surface area contributed by atoms with Crippen molar-refractivity contribution in [1.29, 1.82) is 0 Å². The summed E-state index contributed by atoms with van der Waals surface area (Å²) in [5.41, 5.74) is 0. The smallest absolute Gasteiger partial charge is 0.244 e. The maximum atomic E-state index is 12.3. The van der Waals surface area contributed by atoms with Crippen molar-refractivity contribution < 1.29 is 14.7 Å². The number of fused-ring (bicyclic) bond motifs is 1. The predicted molar refractivity (Wildman–Crippen MR) is 81.3 cm³/mol. The van der Waals surface area contributed by atoms with Crippen LogP contribution in [0.4, 0.5) is 0 Å². The van der Waals surface area contributed by atoms with Gasteiger partial charge in [-0.1, -0.05) is 23.4 Å². The van der Waals surface area contributed by atoms with Crippen LogP contribution >= 0.6 is 23.4 Å². The van der Waals surface area contributed by atoms with E-state index in [2.05, 4.69) is 10.3 Å². The summed E-state index contributed by atoms with van der Waals surface area (Å²) >= 11 is 7.19. The lowest BCUT2D eigenvalue weighted by Gasteiger charge is -2.27.